The maximum atomic E-state index is 16.4. The van der Waals surface area contributed by atoms with Crippen molar-refractivity contribution in [2.24, 2.45) is 5.92 Å². The highest BCUT2D eigenvalue weighted by atomic mass is 19.2. The van der Waals surface area contributed by atoms with Gasteiger partial charge in [-0.2, -0.15) is 4.39 Å². The summed E-state index contributed by atoms with van der Waals surface area (Å²) in [5.41, 5.74) is -3.48. The molecule has 2 aromatic carbocycles. The number of Topliss-reactive ketones (excluding diaryl/α,β-unsaturated/α-hetero) is 1. The van der Waals surface area contributed by atoms with E-state index in [4.69, 9.17) is 18.9 Å². The second-order valence-electron chi connectivity index (χ2n) is 20.5. The van der Waals surface area contributed by atoms with Gasteiger partial charge >= 0.3 is 5.85 Å². The van der Waals surface area contributed by atoms with Crippen molar-refractivity contribution in [2.45, 2.75) is 179 Å². The number of aliphatic hydroxyl groups excluding tert-OH is 1. The average Bonchev–Trinajstić information content (AvgIpc) is 3.66. The Hall–Kier alpha value is -5.22. The Kier molecular flexibility index (Phi) is 17.4. The van der Waals surface area contributed by atoms with Crippen molar-refractivity contribution >= 4 is 18.0 Å². The van der Waals surface area contributed by atoms with E-state index in [2.05, 4.69) is 31.4 Å². The van der Waals surface area contributed by atoms with Gasteiger partial charge in [-0.15, -0.1) is 0 Å². The lowest BCUT2D eigenvalue weighted by Gasteiger charge is -2.56. The number of hydrogen-bond donors (Lipinski definition) is 3. The number of aldehydes is 1. The van der Waals surface area contributed by atoms with E-state index in [-0.39, 0.29) is 40.1 Å². The summed E-state index contributed by atoms with van der Waals surface area (Å²) < 4.78 is 101. The second kappa shape index (κ2) is 21.7. The summed E-state index contributed by atoms with van der Waals surface area (Å²) >= 11 is 0. The van der Waals surface area contributed by atoms with Gasteiger partial charge in [-0.1, -0.05) is 65.8 Å². The van der Waals surface area contributed by atoms with Crippen LogP contribution >= 0.6 is 0 Å². The molecule has 0 heterocycles. The summed E-state index contributed by atoms with van der Waals surface area (Å²) in [5, 5.41) is 15.5. The monoisotopic (exact) mass is 1010 g/mol. The number of carbonyl (C=O) groups excluding carboxylic acids is 3. The Balaban J connectivity index is 0.000000304. The summed E-state index contributed by atoms with van der Waals surface area (Å²) in [6, 6.07) is 9.52. The fraction of sp³-hybridized carbons (Fsp3) is 0.526. The Morgan fingerprint density at radius 2 is 1.44 bits per heavy atom. The molecule has 0 bridgehead atoms. The van der Waals surface area contributed by atoms with E-state index in [0.717, 1.165) is 31.0 Å². The third kappa shape index (κ3) is 11.4. The largest absolute Gasteiger partial charge is 0.452 e. The molecule has 394 valence electrons. The predicted molar refractivity (Wildman–Crippen MR) is 269 cm³/mol. The summed E-state index contributed by atoms with van der Waals surface area (Å²) in [5.74, 6) is -9.76. The average molecular weight is 1010 g/mol. The number of rotatable bonds is 19. The van der Waals surface area contributed by atoms with Crippen LogP contribution in [0.3, 0.4) is 0 Å². The second-order valence-corrected chi connectivity index (χ2v) is 20.5. The van der Waals surface area contributed by atoms with Crippen LogP contribution in [0.2, 0.25) is 0 Å². The van der Waals surface area contributed by atoms with E-state index in [9.17, 15) is 19.5 Å². The van der Waals surface area contributed by atoms with Gasteiger partial charge in [-0.05, 0) is 157 Å². The molecule has 1 amide bonds. The smallest absolute Gasteiger partial charge is 0.307 e. The van der Waals surface area contributed by atoms with E-state index in [1.807, 2.05) is 19.9 Å². The quantitative estimate of drug-likeness (QED) is 0.0715. The maximum Gasteiger partial charge on any atom is 0.307 e. The van der Waals surface area contributed by atoms with Gasteiger partial charge in [0.05, 0.1) is 17.3 Å². The number of ether oxygens (including phenoxy) is 4. The number of allylic oxidation sites excluding steroid dienone is 6. The van der Waals surface area contributed by atoms with Gasteiger partial charge in [-0.25, -0.2) is 17.6 Å². The maximum absolute atomic E-state index is 16.4. The van der Waals surface area contributed by atoms with Crippen molar-refractivity contribution in [1.82, 2.24) is 10.6 Å². The van der Waals surface area contributed by atoms with Crippen LogP contribution < -0.4 is 15.4 Å². The number of likely N-dealkylation sites (N-methyl/N-ethyl adjacent to an activating group) is 1. The highest BCUT2D eigenvalue weighted by Crippen LogP contribution is 2.57. The number of benzene rings is 2. The third-order valence-corrected chi connectivity index (χ3v) is 15.1. The summed E-state index contributed by atoms with van der Waals surface area (Å²) in [7, 11) is 1.72. The molecule has 2 saturated carbocycles. The lowest BCUT2D eigenvalue weighted by molar-refractivity contribution is -0.406. The predicted octanol–water partition coefficient (Wildman–Crippen LogP) is 12.5. The zero-order valence-electron chi connectivity index (χ0n) is 43.9. The zero-order valence-corrected chi connectivity index (χ0v) is 43.9. The van der Waals surface area contributed by atoms with Crippen LogP contribution in [0, 0.1) is 5.92 Å². The zero-order chi connectivity index (χ0) is 53.9. The molecule has 10 atom stereocenters. The number of nitrogens with one attached hydrogen (secondary N) is 2. The third-order valence-electron chi connectivity index (χ3n) is 15.1. The topological polar surface area (TPSA) is 132 Å². The summed E-state index contributed by atoms with van der Waals surface area (Å²) in [4.78, 5) is 37.0. The molecule has 2 aromatic rings. The summed E-state index contributed by atoms with van der Waals surface area (Å²) in [6.45, 7) is 20.2. The number of amides is 1. The molecule has 4 aliphatic carbocycles. The van der Waals surface area contributed by atoms with Crippen molar-refractivity contribution in [1.29, 1.82) is 0 Å². The molecular formula is C57H73F5N2O8. The van der Waals surface area contributed by atoms with E-state index >= 15 is 22.0 Å². The Bertz CT molecular complexity index is 2530. The number of hydrogen-bond acceptors (Lipinski definition) is 9. The van der Waals surface area contributed by atoms with Gasteiger partial charge in [0.2, 0.25) is 5.67 Å². The van der Waals surface area contributed by atoms with Gasteiger partial charge in [0.1, 0.15) is 17.0 Å². The van der Waals surface area contributed by atoms with Crippen molar-refractivity contribution < 1.29 is 60.4 Å². The van der Waals surface area contributed by atoms with E-state index in [0.29, 0.717) is 30.4 Å². The molecule has 6 rings (SSSR count). The minimum Gasteiger partial charge on any atom is -0.452 e. The fourth-order valence-corrected chi connectivity index (χ4v) is 9.04. The van der Waals surface area contributed by atoms with E-state index in [1.54, 1.807) is 95.5 Å². The molecule has 0 aliphatic heterocycles. The first-order valence-corrected chi connectivity index (χ1v) is 24.8. The molecular weight excluding hydrogens is 936 g/mol. The van der Waals surface area contributed by atoms with Crippen LogP contribution in [0.4, 0.5) is 22.0 Å². The minimum absolute atomic E-state index is 0.0272. The summed E-state index contributed by atoms with van der Waals surface area (Å²) in [6.07, 6.45) is 14.2. The first kappa shape index (κ1) is 57.7. The van der Waals surface area contributed by atoms with Gasteiger partial charge in [0, 0.05) is 41.9 Å². The molecule has 3 N–H and O–H groups in total. The molecule has 10 nitrogen and oxygen atoms in total. The van der Waals surface area contributed by atoms with E-state index < -0.39 is 70.2 Å². The molecule has 0 saturated heterocycles. The van der Waals surface area contributed by atoms with Crippen LogP contribution in [0.25, 0.3) is 0 Å². The Morgan fingerprint density at radius 1 is 0.847 bits per heavy atom. The lowest BCUT2D eigenvalue weighted by atomic mass is 9.71. The molecule has 0 radical (unpaired) electrons. The van der Waals surface area contributed by atoms with Crippen molar-refractivity contribution in [2.75, 3.05) is 7.05 Å². The molecule has 2 fully saturated rings. The highest BCUT2D eigenvalue weighted by Gasteiger charge is 2.78. The van der Waals surface area contributed by atoms with Gasteiger partial charge in [0.25, 0.3) is 17.6 Å². The molecule has 0 spiro atoms. The number of aliphatic hydroxyl groups is 1. The van der Waals surface area contributed by atoms with Crippen LogP contribution in [0.5, 0.6) is 5.75 Å². The molecule has 72 heavy (non-hydrogen) atoms. The standard InChI is InChI=1S/C36H43F3N2O4.C21H30F2O4/c1-8-32(3,9-2)25-14-15-28(24(22-25)23-42)31(43)41-27-13-11-18-33(4,20-17-27)44-30-29(37)35(6,38)36(30,39)45-34(5)19-10-12-26(40-7)16-21-34;1-7-19(6,8-2)27-21(23)13(3)12-20(21,22)26-16-9-10-17(14(4)24)18(11-16)15(5)25/h10-23,29-30,40H,8-9H2,1-7H3,(H,41,43);9-11,13-14,24H,7-8,12H2,1-6H3. The highest BCUT2D eigenvalue weighted by molar-refractivity contribution is 6.02. The Morgan fingerprint density at radius 3 is 2.00 bits per heavy atom. The van der Waals surface area contributed by atoms with E-state index in [1.165, 1.54) is 44.2 Å². The van der Waals surface area contributed by atoms with Gasteiger partial charge in [0.15, 0.2) is 24.3 Å². The molecule has 0 aromatic heterocycles. The normalized spacial score (nSPS) is 31.3. The van der Waals surface area contributed by atoms with Crippen LogP contribution in [0.15, 0.2) is 109 Å². The SMILES string of the molecule is CCC(C)(CC)OC1(F)C(C)CC1(F)Oc1ccc(C(C)O)c(C(C)=O)c1.CCC(C)(CC)c1ccc(C(=O)NC2=CC=CC(C)(OC3C(F)C(C)(F)C3(F)OC3(C)C=CC=C(NC)C=C3)C=C2)c(C=O)c1. The Labute approximate surface area is 421 Å². The molecule has 15 heteroatoms. The number of alkyl halides is 5. The van der Waals surface area contributed by atoms with Crippen LogP contribution in [-0.4, -0.2) is 82.4 Å². The molecule has 10 unspecified atom stereocenters. The van der Waals surface area contributed by atoms with Crippen LogP contribution in [-0.2, 0) is 19.6 Å². The lowest BCUT2D eigenvalue weighted by Crippen LogP contribution is -2.78. The fourth-order valence-electron chi connectivity index (χ4n) is 9.04. The van der Waals surface area contributed by atoms with Crippen molar-refractivity contribution in [3.05, 3.63) is 136 Å². The van der Waals surface area contributed by atoms with Gasteiger partial charge in [-0.3, -0.25) is 14.4 Å². The number of ketones is 1. The van der Waals surface area contributed by atoms with Gasteiger partial charge < -0.3 is 34.7 Å². The van der Waals surface area contributed by atoms with Crippen molar-refractivity contribution in [3.63, 3.8) is 0 Å². The first-order valence-electron chi connectivity index (χ1n) is 24.8. The minimum atomic E-state index is -3.12. The number of carbonyl (C=O) groups is 3. The number of halogens is 5. The van der Waals surface area contributed by atoms with Crippen LogP contribution in [0.1, 0.15) is 163 Å². The van der Waals surface area contributed by atoms with Crippen molar-refractivity contribution in [3.8, 4) is 5.75 Å². The first-order chi connectivity index (χ1) is 33.5. The molecule has 4 aliphatic rings.